The minimum atomic E-state index is -0.281. The number of nitrogen functional groups attached to an aromatic ring is 1. The molecule has 0 radical (unpaired) electrons. The number of nitrogens with zero attached hydrogens (tertiary/aromatic N) is 1. The van der Waals surface area contributed by atoms with Crippen LogP contribution in [-0.4, -0.2) is 37.5 Å². The van der Waals surface area contributed by atoms with Crippen molar-refractivity contribution in [2.45, 2.75) is 12.8 Å². The Morgan fingerprint density at radius 3 is 2.68 bits per heavy atom. The van der Waals surface area contributed by atoms with E-state index in [1.54, 1.807) is 19.2 Å². The van der Waals surface area contributed by atoms with Gasteiger partial charge in [-0.15, -0.1) is 0 Å². The Hall–Kier alpha value is -1.75. The first-order valence-corrected chi connectivity index (χ1v) is 6.20. The van der Waals surface area contributed by atoms with Crippen LogP contribution in [0.2, 0.25) is 5.02 Å². The van der Waals surface area contributed by atoms with Crippen LogP contribution in [0.5, 0.6) is 0 Å². The lowest BCUT2D eigenvalue weighted by Gasteiger charge is -2.17. The number of methoxy groups -OCH3 is 1. The Morgan fingerprint density at radius 2 is 2.11 bits per heavy atom. The van der Waals surface area contributed by atoms with Gasteiger partial charge in [0.2, 0.25) is 0 Å². The quantitative estimate of drug-likeness (QED) is 0.662. The third kappa shape index (κ3) is 4.44. The minimum absolute atomic E-state index is 0.160. The number of carbonyl (C=O) groups is 2. The van der Waals surface area contributed by atoms with Gasteiger partial charge >= 0.3 is 5.97 Å². The molecule has 0 saturated carbocycles. The summed E-state index contributed by atoms with van der Waals surface area (Å²) in [5.41, 5.74) is 6.49. The van der Waals surface area contributed by atoms with Crippen molar-refractivity contribution in [1.82, 2.24) is 4.90 Å². The third-order valence-electron chi connectivity index (χ3n) is 2.70. The highest BCUT2D eigenvalue weighted by Gasteiger charge is 2.13. The van der Waals surface area contributed by atoms with Crippen molar-refractivity contribution in [2.75, 3.05) is 26.4 Å². The lowest BCUT2D eigenvalue weighted by Crippen LogP contribution is -2.28. The minimum Gasteiger partial charge on any atom is -0.469 e. The number of hydrogen-bond acceptors (Lipinski definition) is 4. The summed E-state index contributed by atoms with van der Waals surface area (Å²) in [7, 11) is 3.01. The predicted molar refractivity (Wildman–Crippen MR) is 74.1 cm³/mol. The molecule has 6 heteroatoms. The number of hydrogen-bond donors (Lipinski definition) is 1. The zero-order valence-electron chi connectivity index (χ0n) is 11.0. The van der Waals surface area contributed by atoms with Crippen LogP contribution in [0, 0.1) is 0 Å². The normalized spacial score (nSPS) is 10.1. The van der Waals surface area contributed by atoms with Gasteiger partial charge < -0.3 is 15.4 Å². The van der Waals surface area contributed by atoms with E-state index in [0.717, 1.165) is 0 Å². The van der Waals surface area contributed by atoms with E-state index in [1.807, 2.05) is 0 Å². The van der Waals surface area contributed by atoms with E-state index in [0.29, 0.717) is 29.2 Å². The first-order chi connectivity index (χ1) is 8.95. The molecule has 0 saturated heterocycles. The summed E-state index contributed by atoms with van der Waals surface area (Å²) in [6.07, 6.45) is 0.841. The monoisotopic (exact) mass is 284 g/mol. The van der Waals surface area contributed by atoms with Crippen molar-refractivity contribution < 1.29 is 14.3 Å². The van der Waals surface area contributed by atoms with Crippen molar-refractivity contribution in [3.8, 4) is 0 Å². The number of anilines is 1. The second-order valence-electron chi connectivity index (χ2n) is 4.14. The van der Waals surface area contributed by atoms with Crippen molar-refractivity contribution in [1.29, 1.82) is 0 Å². The Bertz CT molecular complexity index is 477. The van der Waals surface area contributed by atoms with Crippen molar-refractivity contribution in [3.05, 3.63) is 28.8 Å². The van der Waals surface area contributed by atoms with Crippen LogP contribution in [-0.2, 0) is 9.53 Å². The largest absolute Gasteiger partial charge is 0.469 e. The molecule has 2 N–H and O–H groups in total. The van der Waals surface area contributed by atoms with Gasteiger partial charge in [-0.1, -0.05) is 11.6 Å². The highest BCUT2D eigenvalue weighted by molar-refractivity contribution is 6.33. The number of esters is 1. The van der Waals surface area contributed by atoms with Crippen LogP contribution in [0.15, 0.2) is 18.2 Å². The number of rotatable bonds is 5. The molecule has 1 aromatic carbocycles. The summed E-state index contributed by atoms with van der Waals surface area (Å²) in [5.74, 6) is -0.442. The molecule has 0 aliphatic rings. The summed E-state index contributed by atoms with van der Waals surface area (Å²) >= 11 is 5.87. The molecular weight excluding hydrogens is 268 g/mol. The highest BCUT2D eigenvalue weighted by atomic mass is 35.5. The average Bonchev–Trinajstić information content (AvgIpc) is 2.40. The number of ether oxygens (including phenoxy) is 1. The molecule has 0 aromatic heterocycles. The highest BCUT2D eigenvalue weighted by Crippen LogP contribution is 2.20. The first kappa shape index (κ1) is 15.3. The molecule has 0 atom stereocenters. The van der Waals surface area contributed by atoms with Gasteiger partial charge in [-0.2, -0.15) is 0 Å². The summed E-state index contributed by atoms with van der Waals surface area (Å²) in [6.45, 7) is 0.468. The van der Waals surface area contributed by atoms with Crippen LogP contribution >= 0.6 is 11.6 Å². The molecule has 19 heavy (non-hydrogen) atoms. The molecule has 104 valence electrons. The van der Waals surface area contributed by atoms with E-state index in [4.69, 9.17) is 17.3 Å². The molecule has 0 aliphatic carbocycles. The smallest absolute Gasteiger partial charge is 0.305 e. The lowest BCUT2D eigenvalue weighted by atomic mass is 10.1. The molecule has 0 unspecified atom stereocenters. The van der Waals surface area contributed by atoms with E-state index in [-0.39, 0.29) is 18.3 Å². The fraction of sp³-hybridized carbons (Fsp3) is 0.385. The zero-order valence-corrected chi connectivity index (χ0v) is 11.7. The van der Waals surface area contributed by atoms with E-state index < -0.39 is 0 Å². The fourth-order valence-electron chi connectivity index (χ4n) is 1.54. The Labute approximate surface area is 117 Å². The number of halogens is 1. The predicted octanol–water partition coefficient (Wildman–Crippen LogP) is 1.95. The Kier molecular flexibility index (Phi) is 5.63. The van der Waals surface area contributed by atoms with Gasteiger partial charge in [-0.25, -0.2) is 0 Å². The molecule has 0 bridgehead atoms. The van der Waals surface area contributed by atoms with E-state index in [9.17, 15) is 9.59 Å². The Balaban J connectivity index is 2.56. The molecule has 0 heterocycles. The number of amides is 1. The van der Waals surface area contributed by atoms with E-state index >= 15 is 0 Å². The summed E-state index contributed by atoms with van der Waals surface area (Å²) in [5, 5.41) is 0.355. The van der Waals surface area contributed by atoms with Crippen molar-refractivity contribution in [2.24, 2.45) is 0 Å². The van der Waals surface area contributed by atoms with Crippen LogP contribution in [0.1, 0.15) is 23.2 Å². The molecule has 1 aromatic rings. The first-order valence-electron chi connectivity index (χ1n) is 5.83. The average molecular weight is 285 g/mol. The van der Waals surface area contributed by atoms with Crippen molar-refractivity contribution in [3.63, 3.8) is 0 Å². The van der Waals surface area contributed by atoms with Gasteiger partial charge in [0, 0.05) is 25.6 Å². The second kappa shape index (κ2) is 6.99. The Morgan fingerprint density at radius 1 is 1.42 bits per heavy atom. The second-order valence-corrected chi connectivity index (χ2v) is 4.55. The lowest BCUT2D eigenvalue weighted by molar-refractivity contribution is -0.140. The molecule has 0 fully saturated rings. The van der Waals surface area contributed by atoms with Crippen molar-refractivity contribution >= 4 is 29.2 Å². The van der Waals surface area contributed by atoms with Gasteiger partial charge in [-0.3, -0.25) is 9.59 Å². The number of carbonyl (C=O) groups excluding carboxylic acids is 2. The van der Waals surface area contributed by atoms with Gasteiger partial charge in [0.25, 0.3) is 5.91 Å². The molecule has 5 nitrogen and oxygen atoms in total. The maximum atomic E-state index is 12.1. The van der Waals surface area contributed by atoms with E-state index in [1.165, 1.54) is 18.1 Å². The third-order valence-corrected chi connectivity index (χ3v) is 3.02. The van der Waals surface area contributed by atoms with Crippen LogP contribution < -0.4 is 5.73 Å². The molecular formula is C13H17ClN2O3. The van der Waals surface area contributed by atoms with Crippen LogP contribution in [0.25, 0.3) is 0 Å². The van der Waals surface area contributed by atoms with Gasteiger partial charge in [0.05, 0.1) is 17.8 Å². The molecule has 0 spiro atoms. The van der Waals surface area contributed by atoms with Gasteiger partial charge in [0.15, 0.2) is 0 Å². The standard InChI is InChI=1S/C13H17ClN2O3/c1-16(7-3-4-12(17)19-2)13(18)9-5-6-11(15)10(14)8-9/h5-6,8H,3-4,7,15H2,1-2H3. The molecule has 1 amide bonds. The van der Waals surface area contributed by atoms with Gasteiger partial charge in [0.1, 0.15) is 0 Å². The fourth-order valence-corrected chi connectivity index (χ4v) is 1.73. The number of benzene rings is 1. The summed E-state index contributed by atoms with van der Waals surface area (Å²) in [6, 6.07) is 4.76. The molecule has 0 aliphatic heterocycles. The van der Waals surface area contributed by atoms with Gasteiger partial charge in [-0.05, 0) is 24.6 Å². The van der Waals surface area contributed by atoms with E-state index in [2.05, 4.69) is 4.74 Å². The number of nitrogens with two attached hydrogens (primary N) is 1. The maximum Gasteiger partial charge on any atom is 0.305 e. The van der Waals surface area contributed by atoms with Crippen LogP contribution in [0.3, 0.4) is 0 Å². The van der Waals surface area contributed by atoms with Crippen LogP contribution in [0.4, 0.5) is 5.69 Å². The maximum absolute atomic E-state index is 12.1. The zero-order chi connectivity index (χ0) is 14.4. The summed E-state index contributed by atoms with van der Waals surface area (Å²) < 4.78 is 4.53. The molecule has 1 rings (SSSR count). The summed E-state index contributed by atoms with van der Waals surface area (Å²) in [4.78, 5) is 24.6. The topological polar surface area (TPSA) is 72.6 Å². The SMILES string of the molecule is COC(=O)CCCN(C)C(=O)c1ccc(N)c(Cl)c1.